The zero-order valence-corrected chi connectivity index (χ0v) is 11.8. The van der Waals surface area contributed by atoms with Crippen LogP contribution >= 0.6 is 0 Å². The van der Waals surface area contributed by atoms with E-state index in [0.29, 0.717) is 4.31 Å². The van der Waals surface area contributed by atoms with E-state index in [4.69, 9.17) is 0 Å². The molecule has 0 aliphatic carbocycles. The van der Waals surface area contributed by atoms with Crippen molar-refractivity contribution in [3.8, 4) is 0 Å². The summed E-state index contributed by atoms with van der Waals surface area (Å²) < 4.78 is 33.5. The summed E-state index contributed by atoms with van der Waals surface area (Å²) in [5.74, 6) is -2.62. The number of methoxy groups -OCH3 is 1. The van der Waals surface area contributed by atoms with E-state index >= 15 is 0 Å². The average Bonchev–Trinajstić information content (AvgIpc) is 2.66. The summed E-state index contributed by atoms with van der Waals surface area (Å²) in [6.07, 6.45) is 0. The average molecular weight is 313 g/mol. The third kappa shape index (κ3) is 2.72. The van der Waals surface area contributed by atoms with Gasteiger partial charge in [0.1, 0.15) is 11.4 Å². The zero-order chi connectivity index (χ0) is 15.6. The Bertz CT molecular complexity index is 710. The molecule has 1 aliphatic heterocycles. The van der Waals surface area contributed by atoms with Crippen molar-refractivity contribution in [2.45, 2.75) is 4.90 Å². The van der Waals surface area contributed by atoms with Crippen LogP contribution in [-0.2, 0) is 29.1 Å². The second-order valence-corrected chi connectivity index (χ2v) is 5.88. The molecular formula is C12H11NO7S. The maximum Gasteiger partial charge on any atom is 0.344 e. The first-order valence-electron chi connectivity index (χ1n) is 5.76. The van der Waals surface area contributed by atoms with Crippen molar-refractivity contribution in [3.63, 3.8) is 0 Å². The van der Waals surface area contributed by atoms with Crippen LogP contribution in [0.5, 0.6) is 0 Å². The highest BCUT2D eigenvalue weighted by molar-refractivity contribution is 7.90. The first kappa shape index (κ1) is 15.0. The molecule has 1 heterocycles. The molecule has 0 bridgehead atoms. The van der Waals surface area contributed by atoms with Crippen LogP contribution in [0.3, 0.4) is 0 Å². The zero-order valence-electron chi connectivity index (χ0n) is 10.9. The minimum absolute atomic E-state index is 0.00160. The predicted octanol–water partition coefficient (Wildman–Crippen LogP) is -0.453. The summed E-state index contributed by atoms with van der Waals surface area (Å²) in [5, 5.41) is 0. The molecule has 0 spiro atoms. The Kier molecular flexibility index (Phi) is 3.94. The van der Waals surface area contributed by atoms with Crippen LogP contribution in [-0.4, -0.2) is 50.8 Å². The molecule has 0 unspecified atom stereocenters. The van der Waals surface area contributed by atoms with Gasteiger partial charge in [-0.3, -0.25) is 9.59 Å². The highest BCUT2D eigenvalue weighted by Gasteiger charge is 2.42. The van der Waals surface area contributed by atoms with Crippen molar-refractivity contribution < 1.29 is 32.3 Å². The van der Waals surface area contributed by atoms with Gasteiger partial charge in [-0.05, 0) is 12.1 Å². The molecule has 1 amide bonds. The van der Waals surface area contributed by atoms with E-state index in [9.17, 15) is 22.8 Å². The first-order valence-corrected chi connectivity index (χ1v) is 7.20. The predicted molar refractivity (Wildman–Crippen MR) is 67.6 cm³/mol. The van der Waals surface area contributed by atoms with Gasteiger partial charge in [0.2, 0.25) is 0 Å². The lowest BCUT2D eigenvalue weighted by Gasteiger charge is -2.13. The Morgan fingerprint density at radius 2 is 1.86 bits per heavy atom. The molecular weight excluding hydrogens is 302 g/mol. The maximum absolute atomic E-state index is 12.1. The minimum atomic E-state index is -4.07. The number of ether oxygens (including phenoxy) is 2. The highest BCUT2D eigenvalue weighted by Crippen LogP contribution is 2.29. The van der Waals surface area contributed by atoms with Gasteiger partial charge in [0.15, 0.2) is 6.61 Å². The third-order valence-corrected chi connectivity index (χ3v) is 4.55. The monoisotopic (exact) mass is 313 g/mol. The lowest BCUT2D eigenvalue weighted by atomic mass is 10.2. The molecule has 0 radical (unpaired) electrons. The Hall–Kier alpha value is -2.42. The smallest absolute Gasteiger partial charge is 0.344 e. The molecule has 1 aromatic rings. The fourth-order valence-corrected chi connectivity index (χ4v) is 3.26. The normalized spacial score (nSPS) is 15.5. The van der Waals surface area contributed by atoms with Gasteiger partial charge in [-0.15, -0.1) is 0 Å². The van der Waals surface area contributed by atoms with Crippen LogP contribution in [0.15, 0.2) is 29.2 Å². The molecule has 0 aromatic heterocycles. The van der Waals surface area contributed by atoms with Gasteiger partial charge in [-0.2, -0.15) is 0 Å². The number of carbonyl (C=O) groups excluding carboxylic acids is 3. The molecule has 2 rings (SSSR count). The van der Waals surface area contributed by atoms with Crippen LogP contribution in [0.2, 0.25) is 0 Å². The minimum Gasteiger partial charge on any atom is -0.466 e. The van der Waals surface area contributed by atoms with Gasteiger partial charge >= 0.3 is 11.9 Å². The fraction of sp³-hybridized carbons (Fsp3) is 0.250. The molecule has 112 valence electrons. The molecule has 0 fully saturated rings. The van der Waals surface area contributed by atoms with Gasteiger partial charge < -0.3 is 9.47 Å². The van der Waals surface area contributed by atoms with Gasteiger partial charge in [0.25, 0.3) is 15.9 Å². The molecule has 8 nitrogen and oxygen atoms in total. The Morgan fingerprint density at radius 1 is 1.19 bits per heavy atom. The summed E-state index contributed by atoms with van der Waals surface area (Å²) in [5.41, 5.74) is -0.00160. The second kappa shape index (κ2) is 5.52. The van der Waals surface area contributed by atoms with Crippen molar-refractivity contribution in [1.29, 1.82) is 0 Å². The number of carbonyl (C=O) groups is 3. The summed E-state index contributed by atoms with van der Waals surface area (Å²) in [6, 6.07) is 5.63. The molecule has 9 heteroatoms. The van der Waals surface area contributed by atoms with E-state index in [2.05, 4.69) is 9.47 Å². The molecule has 1 aromatic carbocycles. The number of hydrogen-bond donors (Lipinski definition) is 0. The Labute approximate surface area is 120 Å². The number of fused-ring (bicyclic) bond motifs is 1. The molecule has 0 atom stereocenters. The lowest BCUT2D eigenvalue weighted by molar-refractivity contribution is -0.156. The maximum atomic E-state index is 12.1. The van der Waals surface area contributed by atoms with Crippen LogP contribution in [0, 0.1) is 0 Å². The second-order valence-electron chi connectivity index (χ2n) is 4.05. The molecule has 1 aliphatic rings. The van der Waals surface area contributed by atoms with E-state index in [1.807, 2.05) is 0 Å². The Balaban J connectivity index is 2.14. The van der Waals surface area contributed by atoms with Crippen LogP contribution in [0.4, 0.5) is 0 Å². The molecule has 21 heavy (non-hydrogen) atoms. The van der Waals surface area contributed by atoms with E-state index in [1.54, 1.807) is 0 Å². The van der Waals surface area contributed by atoms with Crippen molar-refractivity contribution in [2.75, 3.05) is 20.3 Å². The largest absolute Gasteiger partial charge is 0.466 e. The number of amides is 1. The topological polar surface area (TPSA) is 107 Å². The van der Waals surface area contributed by atoms with Gasteiger partial charge in [0, 0.05) is 0 Å². The van der Waals surface area contributed by atoms with E-state index < -0.39 is 41.0 Å². The third-order valence-electron chi connectivity index (χ3n) is 2.76. The molecule has 0 N–H and O–H groups in total. The van der Waals surface area contributed by atoms with Gasteiger partial charge in [-0.1, -0.05) is 12.1 Å². The fourth-order valence-electron chi connectivity index (χ4n) is 1.75. The van der Waals surface area contributed by atoms with E-state index in [1.165, 1.54) is 24.3 Å². The van der Waals surface area contributed by atoms with Crippen LogP contribution in [0.1, 0.15) is 10.4 Å². The quantitative estimate of drug-likeness (QED) is 0.693. The summed E-state index contributed by atoms with van der Waals surface area (Å²) in [6.45, 7) is -1.45. The molecule has 0 saturated carbocycles. The number of nitrogens with zero attached hydrogens (tertiary/aromatic N) is 1. The van der Waals surface area contributed by atoms with E-state index in [0.717, 1.165) is 7.11 Å². The summed E-state index contributed by atoms with van der Waals surface area (Å²) in [4.78, 5) is 34.2. The number of hydrogen-bond acceptors (Lipinski definition) is 7. The van der Waals surface area contributed by atoms with Crippen molar-refractivity contribution in [1.82, 2.24) is 4.31 Å². The number of rotatable bonds is 4. The number of benzene rings is 1. The van der Waals surface area contributed by atoms with Crippen molar-refractivity contribution in [2.24, 2.45) is 0 Å². The number of esters is 2. The Morgan fingerprint density at radius 3 is 2.48 bits per heavy atom. The lowest BCUT2D eigenvalue weighted by Crippen LogP contribution is -2.36. The standard InChI is InChI=1S/C12H11NO7S/c1-19-11(15)7-20-10(14)6-13-12(16)8-4-2-3-5-9(8)21(13,17)18/h2-5H,6-7H2,1H3. The van der Waals surface area contributed by atoms with Crippen molar-refractivity contribution >= 4 is 27.9 Å². The van der Waals surface area contributed by atoms with Crippen LogP contribution < -0.4 is 0 Å². The van der Waals surface area contributed by atoms with Gasteiger partial charge in [0.05, 0.1) is 12.7 Å². The first-order chi connectivity index (χ1) is 9.87. The summed E-state index contributed by atoms with van der Waals surface area (Å²) >= 11 is 0. The van der Waals surface area contributed by atoms with Crippen molar-refractivity contribution in [3.05, 3.63) is 29.8 Å². The van der Waals surface area contributed by atoms with Gasteiger partial charge in [-0.25, -0.2) is 17.5 Å². The number of sulfonamides is 1. The SMILES string of the molecule is COC(=O)COC(=O)CN1C(=O)c2ccccc2S1(=O)=O. The highest BCUT2D eigenvalue weighted by atomic mass is 32.2. The van der Waals surface area contributed by atoms with E-state index in [-0.39, 0.29) is 10.5 Å². The van der Waals surface area contributed by atoms with Crippen LogP contribution in [0.25, 0.3) is 0 Å². The summed E-state index contributed by atoms with van der Waals surface area (Å²) in [7, 11) is -2.96. The molecule has 0 saturated heterocycles.